The quantitative estimate of drug-likeness (QED) is 0.195. The van der Waals surface area contributed by atoms with Gasteiger partial charge in [-0.25, -0.2) is 0 Å². The van der Waals surface area contributed by atoms with Gasteiger partial charge in [-0.15, -0.1) is 12.4 Å². The van der Waals surface area contributed by atoms with Crippen LogP contribution in [-0.2, 0) is 38.4 Å². The molecule has 0 unspecified atom stereocenters. The summed E-state index contributed by atoms with van der Waals surface area (Å²) in [4.78, 5) is 56.7. The van der Waals surface area contributed by atoms with E-state index in [4.69, 9.17) is 5.73 Å². The van der Waals surface area contributed by atoms with Gasteiger partial charge in [-0.3, -0.25) is 19.2 Å². The largest absolute Gasteiger partial charge is 0.361 e. The highest BCUT2D eigenvalue weighted by Gasteiger charge is 2.31. The third kappa shape index (κ3) is 8.46. The Morgan fingerprint density at radius 2 is 1.23 bits per heavy atom. The summed E-state index contributed by atoms with van der Waals surface area (Å²) in [5.41, 5.74) is 9.66. The zero-order valence-electron chi connectivity index (χ0n) is 24.1. The van der Waals surface area contributed by atoms with Crippen molar-refractivity contribution in [3.8, 4) is 0 Å². The summed E-state index contributed by atoms with van der Waals surface area (Å²) < 4.78 is 0. The Bertz CT molecular complexity index is 1580. The smallest absolute Gasteiger partial charge is 0.243 e. The number of benzene rings is 3. The fourth-order valence-corrected chi connectivity index (χ4v) is 5.32. The molecule has 1 fully saturated rings. The van der Waals surface area contributed by atoms with Gasteiger partial charge in [0.15, 0.2) is 0 Å². The first-order valence-electron chi connectivity index (χ1n) is 14.4. The van der Waals surface area contributed by atoms with Crippen LogP contribution in [0.1, 0.15) is 23.1 Å². The van der Waals surface area contributed by atoms with Crippen molar-refractivity contribution in [3.05, 3.63) is 108 Å². The van der Waals surface area contributed by atoms with Crippen molar-refractivity contribution in [2.24, 2.45) is 5.73 Å². The Morgan fingerprint density at radius 3 is 1.93 bits per heavy atom. The van der Waals surface area contributed by atoms with Crippen molar-refractivity contribution < 1.29 is 19.2 Å². The van der Waals surface area contributed by atoms with Gasteiger partial charge in [0.25, 0.3) is 0 Å². The number of H-pyrrole nitrogens is 1. The molecule has 7 N–H and O–H groups in total. The minimum Gasteiger partial charge on any atom is -0.361 e. The molecule has 0 radical (unpaired) electrons. The molecule has 2 heterocycles. The van der Waals surface area contributed by atoms with Crippen LogP contribution in [0.2, 0.25) is 0 Å². The van der Waals surface area contributed by atoms with Crippen LogP contribution in [0.25, 0.3) is 10.9 Å². The normalized spacial score (nSPS) is 21.7. The van der Waals surface area contributed by atoms with E-state index in [-0.39, 0.29) is 38.2 Å². The summed E-state index contributed by atoms with van der Waals surface area (Å²) >= 11 is 0. The topological polar surface area (TPSA) is 158 Å². The van der Waals surface area contributed by atoms with E-state index in [0.29, 0.717) is 6.42 Å². The number of nitrogens with two attached hydrogens (primary N) is 1. The number of hydrogen-bond acceptors (Lipinski definition) is 5. The Hall–Kier alpha value is -4.67. The summed E-state index contributed by atoms with van der Waals surface area (Å²) in [6, 6.07) is 23.0. The van der Waals surface area contributed by atoms with Crippen LogP contribution in [0.15, 0.2) is 91.1 Å². The molecule has 4 amide bonds. The molecule has 230 valence electrons. The van der Waals surface area contributed by atoms with Crippen LogP contribution in [0, 0.1) is 0 Å². The first-order valence-corrected chi connectivity index (χ1v) is 14.4. The average molecular weight is 617 g/mol. The molecule has 1 aliphatic rings. The summed E-state index contributed by atoms with van der Waals surface area (Å²) in [5, 5.41) is 12.4. The van der Waals surface area contributed by atoms with Crippen LogP contribution in [-0.4, -0.2) is 59.3 Å². The molecule has 1 saturated heterocycles. The molecule has 4 aromatic rings. The first-order chi connectivity index (χ1) is 20.9. The Morgan fingerprint density at radius 1 is 0.659 bits per heavy atom. The summed E-state index contributed by atoms with van der Waals surface area (Å²) in [5.74, 6) is -1.97. The van der Waals surface area contributed by atoms with Crippen molar-refractivity contribution in [1.29, 1.82) is 0 Å². The molecule has 5 rings (SSSR count). The second kappa shape index (κ2) is 15.2. The van der Waals surface area contributed by atoms with Gasteiger partial charge in [0.05, 0.1) is 18.5 Å². The highest BCUT2D eigenvalue weighted by Crippen LogP contribution is 2.19. The van der Waals surface area contributed by atoms with Crippen molar-refractivity contribution in [2.45, 2.75) is 49.9 Å². The second-order valence-corrected chi connectivity index (χ2v) is 10.9. The molecule has 44 heavy (non-hydrogen) atoms. The number of hydrogen-bond donors (Lipinski definition) is 6. The maximum atomic E-state index is 13.8. The van der Waals surface area contributed by atoms with Crippen LogP contribution in [0.3, 0.4) is 0 Å². The number of aromatic amines is 1. The van der Waals surface area contributed by atoms with E-state index < -0.39 is 47.8 Å². The van der Waals surface area contributed by atoms with Crippen molar-refractivity contribution in [3.63, 3.8) is 0 Å². The molecular weight excluding hydrogens is 580 g/mol. The number of carbonyl (C=O) groups excluding carboxylic acids is 4. The van der Waals surface area contributed by atoms with Gasteiger partial charge in [0, 0.05) is 36.5 Å². The zero-order valence-corrected chi connectivity index (χ0v) is 24.9. The van der Waals surface area contributed by atoms with Crippen molar-refractivity contribution >= 4 is 46.9 Å². The van der Waals surface area contributed by atoms with E-state index in [1.807, 2.05) is 84.9 Å². The minimum atomic E-state index is -1.16. The van der Waals surface area contributed by atoms with Crippen LogP contribution in [0.5, 0.6) is 0 Å². The van der Waals surface area contributed by atoms with E-state index >= 15 is 0 Å². The summed E-state index contributed by atoms with van der Waals surface area (Å²) in [7, 11) is 0. The predicted molar refractivity (Wildman–Crippen MR) is 171 cm³/mol. The number of amides is 4. The van der Waals surface area contributed by atoms with Gasteiger partial charge in [-0.1, -0.05) is 78.9 Å². The number of aromatic nitrogens is 1. The average Bonchev–Trinajstić information content (AvgIpc) is 3.42. The van der Waals surface area contributed by atoms with E-state index in [1.54, 1.807) is 6.20 Å². The maximum absolute atomic E-state index is 13.8. The van der Waals surface area contributed by atoms with E-state index in [0.717, 1.165) is 27.6 Å². The van der Waals surface area contributed by atoms with Gasteiger partial charge in [0.1, 0.15) is 12.1 Å². The van der Waals surface area contributed by atoms with Gasteiger partial charge in [0.2, 0.25) is 23.6 Å². The highest BCUT2D eigenvalue weighted by atomic mass is 35.5. The molecule has 4 atom stereocenters. The lowest BCUT2D eigenvalue weighted by Crippen LogP contribution is -2.59. The third-order valence-corrected chi connectivity index (χ3v) is 7.61. The molecule has 1 aromatic heterocycles. The first kappa shape index (κ1) is 32.2. The SMILES string of the molecule is Cl.N[C@@H]1CC(=O)NC[C@@H](Cc2ccccc2)NC(=O)[C@H](Cc2ccccc2)NC(=O)[C@H](Cc2c[nH]c3ccccc23)NC1=O. The lowest BCUT2D eigenvalue weighted by atomic mass is 10.0. The Balaban J connectivity index is 0.00000442. The monoisotopic (exact) mass is 616 g/mol. The predicted octanol–water partition coefficient (Wildman–Crippen LogP) is 1.92. The van der Waals surface area contributed by atoms with E-state index in [9.17, 15) is 19.2 Å². The van der Waals surface area contributed by atoms with Gasteiger partial charge < -0.3 is 32.0 Å². The molecular formula is C33H37ClN6O4. The molecule has 3 aromatic carbocycles. The molecule has 0 aliphatic carbocycles. The fourth-order valence-electron chi connectivity index (χ4n) is 5.32. The number of rotatable bonds is 6. The molecule has 0 spiro atoms. The lowest BCUT2D eigenvalue weighted by molar-refractivity contribution is -0.133. The second-order valence-electron chi connectivity index (χ2n) is 10.9. The van der Waals surface area contributed by atoms with Crippen LogP contribution >= 0.6 is 12.4 Å². The Labute approximate surface area is 262 Å². The summed E-state index contributed by atoms with van der Waals surface area (Å²) in [6.45, 7) is 0.128. The summed E-state index contributed by atoms with van der Waals surface area (Å²) in [6.07, 6.45) is 2.36. The fraction of sp³-hybridized carbons (Fsp3) is 0.273. The molecule has 11 heteroatoms. The highest BCUT2D eigenvalue weighted by molar-refractivity contribution is 5.95. The third-order valence-electron chi connectivity index (χ3n) is 7.61. The Kier molecular flexibility index (Phi) is 11.1. The molecule has 10 nitrogen and oxygen atoms in total. The number of para-hydroxylation sites is 1. The lowest BCUT2D eigenvalue weighted by Gasteiger charge is -2.27. The number of halogens is 1. The van der Waals surface area contributed by atoms with Gasteiger partial charge in [-0.05, 0) is 29.2 Å². The van der Waals surface area contributed by atoms with E-state index in [1.165, 1.54) is 0 Å². The number of carbonyl (C=O) groups is 4. The van der Waals surface area contributed by atoms with Crippen LogP contribution < -0.4 is 27.0 Å². The minimum absolute atomic E-state index is 0. The number of fused-ring (bicyclic) bond motifs is 1. The molecule has 1 aliphatic heterocycles. The maximum Gasteiger partial charge on any atom is 0.243 e. The van der Waals surface area contributed by atoms with Gasteiger partial charge in [-0.2, -0.15) is 0 Å². The van der Waals surface area contributed by atoms with Crippen molar-refractivity contribution in [1.82, 2.24) is 26.3 Å². The zero-order chi connectivity index (χ0) is 30.2. The van der Waals surface area contributed by atoms with Crippen molar-refractivity contribution in [2.75, 3.05) is 6.54 Å². The standard InChI is InChI=1S/C33H36N6O4.ClH/c34-26-18-30(40)36-20-24(15-21-9-3-1-4-10-21)37-32(42)28(16-22-11-5-2-6-12-22)39-33(43)29(38-31(26)41)17-23-19-35-27-14-8-7-13-25(23)27;/h1-14,19,24,26,28-29,35H,15-18,20,34H2,(H,36,40)(H,37,42)(H,38,41)(H,39,43);1H/t24-,26-,28+,29+;/m1./s1. The van der Waals surface area contributed by atoms with Crippen LogP contribution in [0.4, 0.5) is 0 Å². The van der Waals surface area contributed by atoms with E-state index in [2.05, 4.69) is 26.3 Å². The number of nitrogens with one attached hydrogen (secondary N) is 5. The molecule has 0 saturated carbocycles. The van der Waals surface area contributed by atoms with Gasteiger partial charge >= 0.3 is 0 Å². The molecule has 0 bridgehead atoms.